The fraction of sp³-hybridized carbons (Fsp3) is 0. The number of benzene rings is 2. The highest BCUT2D eigenvalue weighted by molar-refractivity contribution is 7.92. The summed E-state index contributed by atoms with van der Waals surface area (Å²) in [5.41, 5.74) is -0.542. The van der Waals surface area contributed by atoms with Crippen molar-refractivity contribution in [3.63, 3.8) is 0 Å². The van der Waals surface area contributed by atoms with Crippen LogP contribution in [0, 0.1) is 15.9 Å². The summed E-state index contributed by atoms with van der Waals surface area (Å²) in [5, 5.41) is 10.6. The SMILES string of the molecule is O=[N+]([O-])c1cc(NS(=O)(=O)c2ccccc2F)ccc1Cl. The Balaban J connectivity index is 2.40. The smallest absolute Gasteiger partial charge is 0.279 e. The second-order valence-corrected chi connectivity index (χ2v) is 6.02. The van der Waals surface area contributed by atoms with Crippen LogP contribution in [0.1, 0.15) is 0 Å². The second-order valence-electron chi connectivity index (χ2n) is 3.96. The third kappa shape index (κ3) is 3.29. The van der Waals surface area contributed by atoms with Gasteiger partial charge in [-0.1, -0.05) is 23.7 Å². The van der Waals surface area contributed by atoms with Crippen LogP contribution < -0.4 is 4.72 Å². The topological polar surface area (TPSA) is 89.3 Å². The number of sulfonamides is 1. The van der Waals surface area contributed by atoms with E-state index >= 15 is 0 Å². The zero-order valence-electron chi connectivity index (χ0n) is 10.3. The van der Waals surface area contributed by atoms with Crippen molar-refractivity contribution < 1.29 is 17.7 Å². The van der Waals surface area contributed by atoms with Crippen molar-refractivity contribution >= 4 is 33.0 Å². The van der Waals surface area contributed by atoms with Crippen LogP contribution in [0.2, 0.25) is 5.02 Å². The molecule has 0 atom stereocenters. The predicted molar refractivity (Wildman–Crippen MR) is 75.3 cm³/mol. The van der Waals surface area contributed by atoms with Crippen LogP contribution in [0.4, 0.5) is 15.8 Å². The number of hydrogen-bond acceptors (Lipinski definition) is 4. The molecule has 0 saturated carbocycles. The minimum Gasteiger partial charge on any atom is -0.279 e. The van der Waals surface area contributed by atoms with E-state index < -0.39 is 31.3 Å². The van der Waals surface area contributed by atoms with E-state index in [1.165, 1.54) is 24.3 Å². The Kier molecular flexibility index (Phi) is 4.10. The van der Waals surface area contributed by atoms with Gasteiger partial charge in [-0.15, -0.1) is 0 Å². The summed E-state index contributed by atoms with van der Waals surface area (Å²) in [6, 6.07) is 8.18. The van der Waals surface area contributed by atoms with E-state index in [-0.39, 0.29) is 10.7 Å². The maximum atomic E-state index is 13.5. The zero-order valence-corrected chi connectivity index (χ0v) is 11.9. The van der Waals surface area contributed by atoms with Gasteiger partial charge in [-0.3, -0.25) is 14.8 Å². The highest BCUT2D eigenvalue weighted by Gasteiger charge is 2.20. The maximum Gasteiger partial charge on any atom is 0.289 e. The number of hydrogen-bond donors (Lipinski definition) is 1. The van der Waals surface area contributed by atoms with Crippen LogP contribution in [0.3, 0.4) is 0 Å². The van der Waals surface area contributed by atoms with Gasteiger partial charge in [-0.05, 0) is 24.3 Å². The molecule has 9 heteroatoms. The molecule has 0 aromatic heterocycles. The van der Waals surface area contributed by atoms with Gasteiger partial charge >= 0.3 is 0 Å². The van der Waals surface area contributed by atoms with Crippen molar-refractivity contribution in [1.29, 1.82) is 0 Å². The largest absolute Gasteiger partial charge is 0.289 e. The van der Waals surface area contributed by atoms with Crippen LogP contribution in [0.15, 0.2) is 47.4 Å². The lowest BCUT2D eigenvalue weighted by molar-refractivity contribution is -0.384. The van der Waals surface area contributed by atoms with E-state index in [1.54, 1.807) is 0 Å². The highest BCUT2D eigenvalue weighted by Crippen LogP contribution is 2.28. The fourth-order valence-corrected chi connectivity index (χ4v) is 2.91. The zero-order chi connectivity index (χ0) is 15.6. The van der Waals surface area contributed by atoms with Gasteiger partial charge in [0, 0.05) is 6.07 Å². The number of nitro benzene ring substituents is 1. The summed E-state index contributed by atoms with van der Waals surface area (Å²) >= 11 is 5.63. The molecule has 0 aliphatic heterocycles. The van der Waals surface area contributed by atoms with Crippen LogP contribution in [-0.4, -0.2) is 13.3 Å². The van der Waals surface area contributed by atoms with Crippen LogP contribution in [0.5, 0.6) is 0 Å². The quantitative estimate of drug-likeness (QED) is 0.688. The minimum absolute atomic E-state index is 0.0886. The second kappa shape index (κ2) is 5.66. The standard InChI is InChI=1S/C12H8ClFN2O4S/c13-9-6-5-8(7-11(9)16(17)18)15-21(19,20)12-4-2-1-3-10(12)14/h1-7,15H. The molecule has 0 bridgehead atoms. The molecule has 0 fully saturated rings. The van der Waals surface area contributed by atoms with Gasteiger partial charge < -0.3 is 0 Å². The Morgan fingerprint density at radius 3 is 2.48 bits per heavy atom. The predicted octanol–water partition coefficient (Wildman–Crippen LogP) is 3.19. The van der Waals surface area contributed by atoms with Gasteiger partial charge in [0.25, 0.3) is 15.7 Å². The third-order valence-electron chi connectivity index (χ3n) is 2.52. The molecule has 0 amide bonds. The lowest BCUT2D eigenvalue weighted by atomic mass is 10.3. The molecule has 2 aromatic rings. The first-order valence-electron chi connectivity index (χ1n) is 5.52. The molecule has 2 aromatic carbocycles. The number of nitrogens with zero attached hydrogens (tertiary/aromatic N) is 1. The highest BCUT2D eigenvalue weighted by atomic mass is 35.5. The van der Waals surface area contributed by atoms with Gasteiger partial charge in [0.05, 0.1) is 10.6 Å². The molecule has 21 heavy (non-hydrogen) atoms. The van der Waals surface area contributed by atoms with Gasteiger partial charge in [-0.25, -0.2) is 12.8 Å². The van der Waals surface area contributed by atoms with E-state index in [2.05, 4.69) is 4.72 Å². The van der Waals surface area contributed by atoms with Gasteiger partial charge in [-0.2, -0.15) is 0 Å². The van der Waals surface area contributed by atoms with Gasteiger partial charge in [0.15, 0.2) is 0 Å². The summed E-state index contributed by atoms with van der Waals surface area (Å²) in [6.45, 7) is 0. The first-order chi connectivity index (χ1) is 9.81. The van der Waals surface area contributed by atoms with Crippen molar-refractivity contribution in [2.24, 2.45) is 0 Å². The van der Waals surface area contributed by atoms with Gasteiger partial charge in [0.2, 0.25) is 0 Å². The number of nitro groups is 1. The molecule has 0 unspecified atom stereocenters. The Morgan fingerprint density at radius 1 is 1.19 bits per heavy atom. The van der Waals surface area contributed by atoms with Crippen molar-refractivity contribution in [3.05, 3.63) is 63.4 Å². The maximum absolute atomic E-state index is 13.5. The van der Waals surface area contributed by atoms with Crippen molar-refractivity contribution in [2.45, 2.75) is 4.90 Å². The Hall–Kier alpha value is -2.19. The Labute approximate surface area is 124 Å². The van der Waals surface area contributed by atoms with Crippen molar-refractivity contribution in [3.8, 4) is 0 Å². The van der Waals surface area contributed by atoms with E-state index in [4.69, 9.17) is 11.6 Å². The fourth-order valence-electron chi connectivity index (χ4n) is 1.59. The average Bonchev–Trinajstić information content (AvgIpc) is 2.40. The molecule has 110 valence electrons. The lowest BCUT2D eigenvalue weighted by Crippen LogP contribution is -2.14. The molecule has 2 rings (SSSR count). The molecule has 0 aliphatic carbocycles. The number of nitrogens with one attached hydrogen (secondary N) is 1. The van der Waals surface area contributed by atoms with E-state index in [1.807, 2.05) is 0 Å². The summed E-state index contributed by atoms with van der Waals surface area (Å²) in [6.07, 6.45) is 0. The van der Waals surface area contributed by atoms with E-state index in [0.29, 0.717) is 0 Å². The Bertz CT molecular complexity index is 811. The molecule has 0 spiro atoms. The van der Waals surface area contributed by atoms with Crippen molar-refractivity contribution in [2.75, 3.05) is 4.72 Å². The first-order valence-corrected chi connectivity index (χ1v) is 7.38. The molecule has 0 heterocycles. The first kappa shape index (κ1) is 15.2. The average molecular weight is 331 g/mol. The molecule has 0 saturated heterocycles. The van der Waals surface area contributed by atoms with Crippen LogP contribution in [0.25, 0.3) is 0 Å². The lowest BCUT2D eigenvalue weighted by Gasteiger charge is -2.09. The number of rotatable bonds is 4. The normalized spacial score (nSPS) is 11.1. The third-order valence-corrected chi connectivity index (χ3v) is 4.26. The summed E-state index contributed by atoms with van der Waals surface area (Å²) in [7, 11) is -4.19. The summed E-state index contributed by atoms with van der Waals surface area (Å²) in [4.78, 5) is 9.45. The number of anilines is 1. The molecule has 0 radical (unpaired) electrons. The number of halogens is 2. The molecule has 1 N–H and O–H groups in total. The molecular weight excluding hydrogens is 323 g/mol. The molecule has 0 aliphatic rings. The van der Waals surface area contributed by atoms with E-state index in [9.17, 15) is 22.9 Å². The molecular formula is C12H8ClFN2O4S. The molecule has 6 nitrogen and oxygen atoms in total. The van der Waals surface area contributed by atoms with Crippen LogP contribution >= 0.6 is 11.6 Å². The monoisotopic (exact) mass is 330 g/mol. The summed E-state index contributed by atoms with van der Waals surface area (Å²) < 4.78 is 39.6. The van der Waals surface area contributed by atoms with Crippen molar-refractivity contribution in [1.82, 2.24) is 0 Å². The minimum atomic E-state index is -4.19. The summed E-state index contributed by atoms with van der Waals surface area (Å²) in [5.74, 6) is -0.923. The Morgan fingerprint density at radius 2 is 1.86 bits per heavy atom. The van der Waals surface area contributed by atoms with Crippen LogP contribution in [-0.2, 0) is 10.0 Å². The van der Waals surface area contributed by atoms with Gasteiger partial charge in [0.1, 0.15) is 15.7 Å². The van der Waals surface area contributed by atoms with E-state index in [0.717, 1.165) is 18.2 Å².